The van der Waals surface area contributed by atoms with Gasteiger partial charge in [-0.1, -0.05) is 6.07 Å². The van der Waals surface area contributed by atoms with E-state index in [1.165, 1.54) is 12.1 Å². The summed E-state index contributed by atoms with van der Waals surface area (Å²) < 4.78 is 39.3. The van der Waals surface area contributed by atoms with Crippen LogP contribution in [0.15, 0.2) is 18.2 Å². The number of alkyl halides is 3. The van der Waals surface area contributed by atoms with E-state index in [1.807, 2.05) is 0 Å². The maximum absolute atomic E-state index is 13.1. The van der Waals surface area contributed by atoms with Crippen LogP contribution in [0.5, 0.6) is 0 Å². The van der Waals surface area contributed by atoms with Crippen LogP contribution in [0, 0.1) is 0 Å². The van der Waals surface area contributed by atoms with E-state index in [4.69, 9.17) is 5.73 Å². The number of carbonyl (C=O) groups excluding carboxylic acids is 1. The number of piperidine rings is 1. The maximum atomic E-state index is 13.1. The highest BCUT2D eigenvalue weighted by molar-refractivity contribution is 5.93. The van der Waals surface area contributed by atoms with Crippen molar-refractivity contribution in [3.05, 3.63) is 34.9 Å². The molecule has 0 saturated carbocycles. The molecule has 0 spiro atoms. The molecule has 0 aliphatic carbocycles. The molecule has 0 unspecified atom stereocenters. The molecule has 1 saturated heterocycles. The first kappa shape index (κ1) is 15.8. The Bertz CT molecular complexity index is 531. The number of hydrogen-bond donors (Lipinski definition) is 2. The van der Waals surface area contributed by atoms with Gasteiger partial charge in [0.05, 0.1) is 11.7 Å². The molecule has 7 heteroatoms. The molecule has 1 heterocycles. The van der Waals surface area contributed by atoms with Gasteiger partial charge in [0.25, 0.3) is 0 Å². The lowest BCUT2D eigenvalue weighted by Crippen LogP contribution is -2.38. The van der Waals surface area contributed by atoms with E-state index in [1.54, 1.807) is 4.90 Å². The van der Waals surface area contributed by atoms with Crippen LogP contribution in [-0.4, -0.2) is 35.1 Å². The van der Waals surface area contributed by atoms with Gasteiger partial charge in [0.1, 0.15) is 0 Å². The Balaban J connectivity index is 2.27. The first-order chi connectivity index (χ1) is 9.77. The van der Waals surface area contributed by atoms with Crippen LogP contribution in [0.2, 0.25) is 0 Å². The smallest absolute Gasteiger partial charge is 0.392 e. The molecular formula is C14H17F3N2O2. The second-order valence-electron chi connectivity index (χ2n) is 5.27. The van der Waals surface area contributed by atoms with Crippen LogP contribution < -0.4 is 5.73 Å². The Morgan fingerprint density at radius 3 is 2.71 bits per heavy atom. The van der Waals surface area contributed by atoms with Crippen LogP contribution in [-0.2, 0) is 12.7 Å². The topological polar surface area (TPSA) is 66.6 Å². The Morgan fingerprint density at radius 1 is 1.43 bits per heavy atom. The molecule has 1 aromatic rings. The number of aliphatic hydroxyl groups excluding tert-OH is 1. The number of likely N-dealkylation sites (tertiary alicyclic amines) is 1. The van der Waals surface area contributed by atoms with Gasteiger partial charge in [-0.15, -0.1) is 0 Å². The van der Waals surface area contributed by atoms with Crippen molar-refractivity contribution < 1.29 is 23.1 Å². The van der Waals surface area contributed by atoms with Crippen molar-refractivity contribution in [3.8, 4) is 0 Å². The van der Waals surface area contributed by atoms with Crippen molar-refractivity contribution >= 4 is 5.91 Å². The summed E-state index contributed by atoms with van der Waals surface area (Å²) in [7, 11) is 0. The summed E-state index contributed by atoms with van der Waals surface area (Å²) in [5, 5.41) is 9.58. The average molecular weight is 302 g/mol. The normalized spacial score (nSPS) is 20.5. The number of rotatable bonds is 3. The fourth-order valence-corrected chi connectivity index (χ4v) is 2.55. The molecule has 3 N–H and O–H groups in total. The van der Waals surface area contributed by atoms with Crippen molar-refractivity contribution in [3.63, 3.8) is 0 Å². The number of halogens is 3. The van der Waals surface area contributed by atoms with Crippen LogP contribution in [0.1, 0.15) is 34.3 Å². The lowest BCUT2D eigenvalue weighted by Gasteiger charge is -2.30. The first-order valence-corrected chi connectivity index (χ1v) is 6.67. The Kier molecular flexibility index (Phi) is 4.53. The van der Waals surface area contributed by atoms with Crippen LogP contribution in [0.4, 0.5) is 13.2 Å². The summed E-state index contributed by atoms with van der Waals surface area (Å²) in [6.07, 6.45) is -3.63. The minimum atomic E-state index is -4.55. The van der Waals surface area contributed by atoms with Gasteiger partial charge in [-0.3, -0.25) is 9.69 Å². The Labute approximate surface area is 120 Å². The summed E-state index contributed by atoms with van der Waals surface area (Å²) in [5.74, 6) is -0.888. The van der Waals surface area contributed by atoms with Crippen molar-refractivity contribution in [2.24, 2.45) is 5.73 Å². The highest BCUT2D eigenvalue weighted by Crippen LogP contribution is 2.33. The Morgan fingerprint density at radius 2 is 2.14 bits per heavy atom. The number of nitrogens with zero attached hydrogens (tertiary/aromatic N) is 1. The number of aliphatic hydroxyl groups is 1. The number of carbonyl (C=O) groups is 1. The third-order valence-corrected chi connectivity index (χ3v) is 3.57. The van der Waals surface area contributed by atoms with Gasteiger partial charge in [-0.05, 0) is 37.1 Å². The summed E-state index contributed by atoms with van der Waals surface area (Å²) >= 11 is 0. The molecule has 1 amide bonds. The molecule has 0 bridgehead atoms. The highest BCUT2D eigenvalue weighted by atomic mass is 19.4. The van der Waals surface area contributed by atoms with Gasteiger partial charge in [-0.25, -0.2) is 0 Å². The zero-order valence-corrected chi connectivity index (χ0v) is 11.4. The summed E-state index contributed by atoms with van der Waals surface area (Å²) in [6.45, 7) is 1.09. The molecule has 0 radical (unpaired) electrons. The molecular weight excluding hydrogens is 285 g/mol. The molecule has 1 aliphatic heterocycles. The standard InChI is InChI=1S/C14H17F3N2O2/c15-14(16,17)12-6-9(13(18)21)3-4-10(12)7-19-5-1-2-11(20)8-19/h3-4,6,11,20H,1-2,5,7-8H2,(H2,18,21)/t11-/m0/s1. The lowest BCUT2D eigenvalue weighted by molar-refractivity contribution is -0.138. The molecule has 4 nitrogen and oxygen atoms in total. The second-order valence-corrected chi connectivity index (χ2v) is 5.27. The molecule has 1 atom stereocenters. The number of hydrogen-bond acceptors (Lipinski definition) is 3. The summed E-state index contributed by atoms with van der Waals surface area (Å²) in [6, 6.07) is 3.37. The monoisotopic (exact) mass is 302 g/mol. The third-order valence-electron chi connectivity index (χ3n) is 3.57. The molecule has 0 aromatic heterocycles. The maximum Gasteiger partial charge on any atom is 0.416 e. The fraction of sp³-hybridized carbons (Fsp3) is 0.500. The van der Waals surface area contributed by atoms with Crippen LogP contribution in [0.3, 0.4) is 0 Å². The van der Waals surface area contributed by atoms with E-state index in [0.717, 1.165) is 12.5 Å². The van der Waals surface area contributed by atoms with Crippen molar-refractivity contribution in [2.75, 3.05) is 13.1 Å². The van der Waals surface area contributed by atoms with E-state index in [-0.39, 0.29) is 17.7 Å². The molecule has 1 aliphatic rings. The number of amides is 1. The van der Waals surface area contributed by atoms with Crippen molar-refractivity contribution in [1.82, 2.24) is 4.90 Å². The zero-order valence-electron chi connectivity index (χ0n) is 11.4. The zero-order chi connectivity index (χ0) is 15.6. The van der Waals surface area contributed by atoms with E-state index in [0.29, 0.717) is 19.5 Å². The van der Waals surface area contributed by atoms with E-state index >= 15 is 0 Å². The number of benzene rings is 1. The van der Waals surface area contributed by atoms with E-state index in [2.05, 4.69) is 0 Å². The van der Waals surface area contributed by atoms with Gasteiger partial charge < -0.3 is 10.8 Å². The molecule has 2 rings (SSSR count). The van der Waals surface area contributed by atoms with E-state index in [9.17, 15) is 23.1 Å². The van der Waals surface area contributed by atoms with Gasteiger partial charge >= 0.3 is 6.18 Å². The largest absolute Gasteiger partial charge is 0.416 e. The van der Waals surface area contributed by atoms with E-state index < -0.39 is 23.8 Å². The van der Waals surface area contributed by atoms with Crippen LogP contribution in [0.25, 0.3) is 0 Å². The number of nitrogens with two attached hydrogens (primary N) is 1. The Hall–Kier alpha value is -1.60. The third kappa shape index (κ3) is 3.95. The van der Waals surface area contributed by atoms with Gasteiger partial charge in [-0.2, -0.15) is 13.2 Å². The van der Waals surface area contributed by atoms with Crippen LogP contribution >= 0.6 is 0 Å². The van der Waals surface area contributed by atoms with Crippen molar-refractivity contribution in [1.29, 1.82) is 0 Å². The predicted molar refractivity (Wildman–Crippen MR) is 70.5 cm³/mol. The number of primary amides is 1. The number of β-amino-alcohol motifs (C(OH)–C–C–N with tert-alkyl or cyclic N) is 1. The van der Waals surface area contributed by atoms with Gasteiger partial charge in [0, 0.05) is 18.7 Å². The molecule has 1 fully saturated rings. The highest BCUT2D eigenvalue weighted by Gasteiger charge is 2.34. The fourth-order valence-electron chi connectivity index (χ4n) is 2.55. The predicted octanol–water partition coefficient (Wildman–Crippen LogP) is 1.76. The average Bonchev–Trinajstić information content (AvgIpc) is 2.37. The lowest BCUT2D eigenvalue weighted by atomic mass is 10.0. The minimum Gasteiger partial charge on any atom is -0.392 e. The quantitative estimate of drug-likeness (QED) is 0.894. The van der Waals surface area contributed by atoms with Gasteiger partial charge in [0.2, 0.25) is 5.91 Å². The van der Waals surface area contributed by atoms with Gasteiger partial charge in [0.15, 0.2) is 0 Å². The molecule has 1 aromatic carbocycles. The SMILES string of the molecule is NC(=O)c1ccc(CN2CCC[C@H](O)C2)c(C(F)(F)F)c1. The summed E-state index contributed by atoms with van der Waals surface area (Å²) in [4.78, 5) is 12.8. The first-order valence-electron chi connectivity index (χ1n) is 6.67. The van der Waals surface area contributed by atoms with Crippen molar-refractivity contribution in [2.45, 2.75) is 31.7 Å². The minimum absolute atomic E-state index is 0.0848. The molecule has 21 heavy (non-hydrogen) atoms. The summed E-state index contributed by atoms with van der Waals surface area (Å²) in [5.41, 5.74) is 4.10. The second kappa shape index (κ2) is 6.03. The molecule has 116 valence electrons.